The summed E-state index contributed by atoms with van der Waals surface area (Å²) in [6.45, 7) is -0.415. The van der Waals surface area contributed by atoms with Gasteiger partial charge in [0.15, 0.2) is 0 Å². The molecule has 0 amide bonds. The summed E-state index contributed by atoms with van der Waals surface area (Å²) in [5.74, 6) is -0.229. The van der Waals surface area contributed by atoms with Gasteiger partial charge in [0.25, 0.3) is 10.0 Å². The first-order valence-corrected chi connectivity index (χ1v) is 8.13. The summed E-state index contributed by atoms with van der Waals surface area (Å²) in [6.07, 6.45) is -4.63. The SMILES string of the molecule is Cc1cc(S(=O)(=O)N(CCCl)CC(F)(F)F)sc1Cl. The Morgan fingerprint density at radius 3 is 2.37 bits per heavy atom. The highest BCUT2D eigenvalue weighted by atomic mass is 35.5. The van der Waals surface area contributed by atoms with E-state index in [-0.39, 0.29) is 14.4 Å². The van der Waals surface area contributed by atoms with Crippen molar-refractivity contribution in [2.24, 2.45) is 0 Å². The molecule has 1 aromatic rings. The van der Waals surface area contributed by atoms with E-state index >= 15 is 0 Å². The van der Waals surface area contributed by atoms with Crippen LogP contribution in [0.4, 0.5) is 13.2 Å². The van der Waals surface area contributed by atoms with Crippen molar-refractivity contribution in [3.05, 3.63) is 16.0 Å². The molecule has 0 aliphatic carbocycles. The van der Waals surface area contributed by atoms with Gasteiger partial charge in [0.05, 0.1) is 4.34 Å². The molecule has 1 heterocycles. The van der Waals surface area contributed by atoms with Crippen LogP contribution in [0.15, 0.2) is 10.3 Å². The van der Waals surface area contributed by atoms with Crippen molar-refractivity contribution in [3.8, 4) is 0 Å². The summed E-state index contributed by atoms with van der Waals surface area (Å²) in [5, 5.41) is 0. The summed E-state index contributed by atoms with van der Waals surface area (Å²) in [5.41, 5.74) is 0.503. The molecule has 1 aromatic heterocycles. The average molecular weight is 356 g/mol. The van der Waals surface area contributed by atoms with Gasteiger partial charge in [0.1, 0.15) is 10.8 Å². The minimum Gasteiger partial charge on any atom is -0.206 e. The Morgan fingerprint density at radius 2 is 2.00 bits per heavy atom. The quantitative estimate of drug-likeness (QED) is 0.758. The van der Waals surface area contributed by atoms with Crippen LogP contribution in [0.2, 0.25) is 4.34 Å². The smallest absolute Gasteiger partial charge is 0.206 e. The number of aryl methyl sites for hydroxylation is 1. The highest BCUT2D eigenvalue weighted by Gasteiger charge is 2.37. The van der Waals surface area contributed by atoms with E-state index in [0.717, 1.165) is 11.3 Å². The summed E-state index contributed by atoms with van der Waals surface area (Å²) in [4.78, 5) is 0. The molecule has 110 valence electrons. The second-order valence-electron chi connectivity index (χ2n) is 3.66. The van der Waals surface area contributed by atoms with Crippen molar-refractivity contribution in [2.45, 2.75) is 17.3 Å². The number of sulfonamides is 1. The standard InChI is InChI=1S/C9H10Cl2F3NO2S2/c1-6-4-7(18-8(6)11)19(16,17)15(3-2-10)5-9(12,13)14/h4H,2-3,5H2,1H3. The fraction of sp³-hybridized carbons (Fsp3) is 0.556. The second-order valence-corrected chi connectivity index (χ2v) is 7.86. The maximum Gasteiger partial charge on any atom is 0.402 e. The largest absolute Gasteiger partial charge is 0.402 e. The number of nitrogens with zero attached hydrogens (tertiary/aromatic N) is 1. The van der Waals surface area contributed by atoms with Gasteiger partial charge in [-0.15, -0.1) is 22.9 Å². The summed E-state index contributed by atoms with van der Waals surface area (Å²) in [6, 6.07) is 1.25. The molecule has 0 N–H and O–H groups in total. The maximum absolute atomic E-state index is 12.4. The van der Waals surface area contributed by atoms with Crippen LogP contribution in [-0.2, 0) is 10.0 Å². The number of alkyl halides is 4. The molecule has 0 saturated heterocycles. The van der Waals surface area contributed by atoms with E-state index in [4.69, 9.17) is 23.2 Å². The minimum absolute atomic E-state index is 0.218. The molecule has 1 rings (SSSR count). The topological polar surface area (TPSA) is 37.4 Å². The monoisotopic (exact) mass is 355 g/mol. The molecular formula is C9H10Cl2F3NO2S2. The summed E-state index contributed by atoms with van der Waals surface area (Å²) in [7, 11) is -4.24. The zero-order chi connectivity index (χ0) is 14.8. The molecule has 0 bridgehead atoms. The summed E-state index contributed by atoms with van der Waals surface area (Å²) < 4.78 is 61.7. The Kier molecular flexibility index (Phi) is 5.53. The molecule has 0 aromatic carbocycles. The molecule has 3 nitrogen and oxygen atoms in total. The van der Waals surface area contributed by atoms with Crippen LogP contribution in [0.5, 0.6) is 0 Å². The van der Waals surface area contributed by atoms with Crippen LogP contribution in [0.3, 0.4) is 0 Å². The molecule has 0 radical (unpaired) electrons. The van der Waals surface area contributed by atoms with Gasteiger partial charge in [-0.2, -0.15) is 17.5 Å². The van der Waals surface area contributed by atoms with E-state index in [1.54, 1.807) is 6.92 Å². The Hall–Kier alpha value is -0.0200. The zero-order valence-electron chi connectivity index (χ0n) is 9.67. The highest BCUT2D eigenvalue weighted by Crippen LogP contribution is 2.33. The van der Waals surface area contributed by atoms with Crippen molar-refractivity contribution < 1.29 is 21.6 Å². The van der Waals surface area contributed by atoms with E-state index in [1.807, 2.05) is 0 Å². The third kappa shape index (κ3) is 4.49. The van der Waals surface area contributed by atoms with Gasteiger partial charge < -0.3 is 0 Å². The molecule has 0 aliphatic heterocycles. The fourth-order valence-electron chi connectivity index (χ4n) is 1.26. The van der Waals surface area contributed by atoms with Gasteiger partial charge in [0, 0.05) is 12.4 Å². The first kappa shape index (κ1) is 17.0. The Labute approximate surface area is 123 Å². The predicted octanol–water partition coefficient (Wildman–Crippen LogP) is 3.50. The molecule has 0 fully saturated rings. The molecule has 0 unspecified atom stereocenters. The molecule has 0 aliphatic rings. The van der Waals surface area contributed by atoms with Gasteiger partial charge in [-0.1, -0.05) is 11.6 Å². The Bertz CT molecular complexity index is 523. The van der Waals surface area contributed by atoms with Crippen LogP contribution in [0.1, 0.15) is 5.56 Å². The van der Waals surface area contributed by atoms with Crippen LogP contribution < -0.4 is 0 Å². The molecule has 0 atom stereocenters. The lowest BCUT2D eigenvalue weighted by Crippen LogP contribution is -2.39. The fourth-order valence-corrected chi connectivity index (χ4v) is 4.86. The lowest BCUT2D eigenvalue weighted by atomic mass is 10.4. The van der Waals surface area contributed by atoms with Gasteiger partial charge in [0.2, 0.25) is 0 Å². The van der Waals surface area contributed by atoms with E-state index in [9.17, 15) is 21.6 Å². The molecular weight excluding hydrogens is 346 g/mol. The van der Waals surface area contributed by atoms with E-state index in [1.165, 1.54) is 6.07 Å². The van der Waals surface area contributed by atoms with Crippen LogP contribution in [0.25, 0.3) is 0 Å². The lowest BCUT2D eigenvalue weighted by molar-refractivity contribution is -0.135. The van der Waals surface area contributed by atoms with Crippen molar-refractivity contribution in [1.29, 1.82) is 0 Å². The summed E-state index contributed by atoms with van der Waals surface area (Å²) >= 11 is 11.8. The normalized spacial score (nSPS) is 13.2. The zero-order valence-corrected chi connectivity index (χ0v) is 12.8. The Morgan fingerprint density at radius 1 is 1.42 bits per heavy atom. The van der Waals surface area contributed by atoms with Gasteiger partial charge in [-0.3, -0.25) is 0 Å². The number of hydrogen-bond donors (Lipinski definition) is 0. The highest BCUT2D eigenvalue weighted by molar-refractivity contribution is 7.91. The first-order chi connectivity index (χ1) is 8.58. The van der Waals surface area contributed by atoms with E-state index < -0.39 is 29.3 Å². The van der Waals surface area contributed by atoms with Gasteiger partial charge in [-0.05, 0) is 18.6 Å². The van der Waals surface area contributed by atoms with Crippen LogP contribution >= 0.6 is 34.5 Å². The third-order valence-electron chi connectivity index (χ3n) is 2.12. The van der Waals surface area contributed by atoms with Crippen LogP contribution in [0, 0.1) is 6.92 Å². The Balaban J connectivity index is 3.12. The predicted molar refractivity (Wildman–Crippen MR) is 69.6 cm³/mol. The lowest BCUT2D eigenvalue weighted by Gasteiger charge is -2.21. The molecule has 19 heavy (non-hydrogen) atoms. The number of halogens is 5. The molecule has 0 spiro atoms. The van der Waals surface area contributed by atoms with Gasteiger partial charge in [-0.25, -0.2) is 8.42 Å². The second kappa shape index (κ2) is 6.17. The number of hydrogen-bond acceptors (Lipinski definition) is 3. The first-order valence-electron chi connectivity index (χ1n) is 4.96. The number of thiophene rings is 1. The average Bonchev–Trinajstić information content (AvgIpc) is 2.57. The maximum atomic E-state index is 12.4. The third-order valence-corrected chi connectivity index (χ3v) is 6.14. The number of rotatable bonds is 5. The van der Waals surface area contributed by atoms with Crippen molar-refractivity contribution in [3.63, 3.8) is 0 Å². The van der Waals surface area contributed by atoms with E-state index in [2.05, 4.69) is 0 Å². The van der Waals surface area contributed by atoms with Crippen LogP contribution in [-0.4, -0.2) is 37.9 Å². The van der Waals surface area contributed by atoms with E-state index in [0.29, 0.717) is 9.87 Å². The van der Waals surface area contributed by atoms with Crippen molar-refractivity contribution in [1.82, 2.24) is 4.31 Å². The van der Waals surface area contributed by atoms with Gasteiger partial charge >= 0.3 is 6.18 Å². The molecule has 10 heteroatoms. The minimum atomic E-state index is -4.63. The van der Waals surface area contributed by atoms with Crippen molar-refractivity contribution >= 4 is 44.6 Å². The van der Waals surface area contributed by atoms with Crippen molar-refractivity contribution in [2.75, 3.05) is 19.0 Å². The molecule has 0 saturated carbocycles.